The summed E-state index contributed by atoms with van der Waals surface area (Å²) in [6, 6.07) is 21.2. The van der Waals surface area contributed by atoms with Crippen molar-refractivity contribution in [3.05, 3.63) is 107 Å². The van der Waals surface area contributed by atoms with E-state index < -0.39 is 29.8 Å². The van der Waals surface area contributed by atoms with E-state index in [4.69, 9.17) is 9.47 Å². The molecule has 1 saturated heterocycles. The van der Waals surface area contributed by atoms with Crippen molar-refractivity contribution < 1.29 is 32.2 Å². The number of hydrogen-bond donors (Lipinski definition) is 1. The Morgan fingerprint density at radius 3 is 2.35 bits per heavy atom. The van der Waals surface area contributed by atoms with E-state index in [0.29, 0.717) is 37.2 Å². The number of esters is 1. The fourth-order valence-electron chi connectivity index (χ4n) is 5.57. The van der Waals surface area contributed by atoms with Crippen LogP contribution < -0.4 is 10.1 Å². The predicted octanol–water partition coefficient (Wildman–Crippen LogP) is 6.36. The Morgan fingerprint density at radius 2 is 1.65 bits per heavy atom. The molecule has 2 heterocycles. The van der Waals surface area contributed by atoms with Gasteiger partial charge in [0, 0.05) is 12.6 Å². The number of amides is 2. The minimum absolute atomic E-state index is 0.0216. The molecule has 2 atom stereocenters. The van der Waals surface area contributed by atoms with Crippen molar-refractivity contribution in [2.75, 3.05) is 7.11 Å². The van der Waals surface area contributed by atoms with Gasteiger partial charge in [0.2, 0.25) is 0 Å². The zero-order chi connectivity index (χ0) is 28.3. The molecule has 0 saturated carbocycles. The molecule has 3 aromatic rings. The SMILES string of the molecule is COC(=O)C1=C(c2ccc(OCc3ccccc3)cc2)C[C@@H]2CC[C@H]1N2C(=O)NCc1ccccc1C(F)(F)F. The molecule has 9 heteroatoms. The van der Waals surface area contributed by atoms with Crippen molar-refractivity contribution in [1.29, 1.82) is 0 Å². The highest BCUT2D eigenvalue weighted by molar-refractivity contribution is 6.01. The Kier molecular flexibility index (Phi) is 7.82. The van der Waals surface area contributed by atoms with Gasteiger partial charge in [-0.05, 0) is 59.7 Å². The van der Waals surface area contributed by atoms with Crippen LogP contribution in [-0.4, -0.2) is 36.1 Å². The highest BCUT2D eigenvalue weighted by Gasteiger charge is 2.46. The number of ether oxygens (including phenoxy) is 2. The first kappa shape index (κ1) is 27.3. The molecule has 2 bridgehead atoms. The number of nitrogens with one attached hydrogen (secondary N) is 1. The summed E-state index contributed by atoms with van der Waals surface area (Å²) in [5.41, 5.74) is 2.28. The molecule has 2 aliphatic heterocycles. The van der Waals surface area contributed by atoms with E-state index in [9.17, 15) is 22.8 Å². The van der Waals surface area contributed by atoms with Gasteiger partial charge in [-0.15, -0.1) is 0 Å². The maximum Gasteiger partial charge on any atom is 0.416 e. The molecule has 0 aliphatic carbocycles. The normalized spacial score (nSPS) is 18.4. The lowest BCUT2D eigenvalue weighted by molar-refractivity contribution is -0.138. The first-order valence-electron chi connectivity index (χ1n) is 13.1. The Balaban J connectivity index is 1.34. The third kappa shape index (κ3) is 5.68. The molecule has 1 fully saturated rings. The fourth-order valence-corrected chi connectivity index (χ4v) is 5.57. The number of alkyl halides is 3. The van der Waals surface area contributed by atoms with E-state index in [1.165, 1.54) is 25.3 Å². The number of hydrogen-bond acceptors (Lipinski definition) is 4. The van der Waals surface area contributed by atoms with Crippen molar-refractivity contribution in [3.63, 3.8) is 0 Å². The number of benzene rings is 3. The number of nitrogens with zero attached hydrogens (tertiary/aromatic N) is 1. The first-order valence-corrected chi connectivity index (χ1v) is 13.1. The van der Waals surface area contributed by atoms with Crippen LogP contribution in [0.4, 0.5) is 18.0 Å². The Labute approximate surface area is 230 Å². The van der Waals surface area contributed by atoms with Gasteiger partial charge in [0.05, 0.1) is 24.3 Å². The van der Waals surface area contributed by atoms with E-state index in [2.05, 4.69) is 5.32 Å². The average Bonchev–Trinajstić information content (AvgIpc) is 3.28. The largest absolute Gasteiger partial charge is 0.489 e. The molecule has 1 N–H and O–H groups in total. The second-order valence-electron chi connectivity index (χ2n) is 9.85. The van der Waals surface area contributed by atoms with Crippen LogP contribution in [0.15, 0.2) is 84.4 Å². The van der Waals surface area contributed by atoms with Gasteiger partial charge in [-0.25, -0.2) is 9.59 Å². The summed E-state index contributed by atoms with van der Waals surface area (Å²) in [5.74, 6) is 0.164. The van der Waals surface area contributed by atoms with Crippen molar-refractivity contribution in [2.45, 2.75) is 50.7 Å². The maximum atomic E-state index is 13.4. The standard InChI is InChI=1S/C31H29F3N2O4/c1-39-29(37)28-25(21-11-14-24(15-12-21)40-19-20-7-3-2-4-8-20)17-23-13-16-27(28)36(23)30(38)35-18-22-9-5-6-10-26(22)31(32,33)34/h2-12,14-15,23,27H,13,16-19H2,1H3,(H,35,38)/t23-,27+/m0/s1. The lowest BCUT2D eigenvalue weighted by Gasteiger charge is -2.37. The molecule has 3 aromatic carbocycles. The number of carbonyl (C=O) groups excluding carboxylic acids is 2. The minimum Gasteiger partial charge on any atom is -0.489 e. The van der Waals surface area contributed by atoms with E-state index in [-0.39, 0.29) is 18.2 Å². The summed E-state index contributed by atoms with van der Waals surface area (Å²) in [5, 5.41) is 2.64. The third-order valence-corrected chi connectivity index (χ3v) is 7.44. The Hall–Kier alpha value is -4.27. The summed E-state index contributed by atoms with van der Waals surface area (Å²) in [4.78, 5) is 27.8. The number of carbonyl (C=O) groups is 2. The van der Waals surface area contributed by atoms with E-state index in [0.717, 1.165) is 22.8 Å². The van der Waals surface area contributed by atoms with Crippen molar-refractivity contribution in [3.8, 4) is 5.75 Å². The van der Waals surface area contributed by atoms with E-state index >= 15 is 0 Å². The second kappa shape index (κ2) is 11.5. The predicted molar refractivity (Wildman–Crippen MR) is 143 cm³/mol. The molecule has 0 spiro atoms. The lowest BCUT2D eigenvalue weighted by atomic mass is 9.88. The highest BCUT2D eigenvalue weighted by atomic mass is 19.4. The van der Waals surface area contributed by atoms with Crippen LogP contribution in [0, 0.1) is 0 Å². The summed E-state index contributed by atoms with van der Waals surface area (Å²) < 4.78 is 51.2. The molecule has 0 radical (unpaired) electrons. The van der Waals surface area contributed by atoms with Crippen LogP contribution >= 0.6 is 0 Å². The van der Waals surface area contributed by atoms with Crippen LogP contribution in [0.5, 0.6) is 5.75 Å². The smallest absolute Gasteiger partial charge is 0.416 e. The van der Waals surface area contributed by atoms with Crippen molar-refractivity contribution in [1.82, 2.24) is 10.2 Å². The third-order valence-electron chi connectivity index (χ3n) is 7.44. The number of rotatable bonds is 7. The van der Waals surface area contributed by atoms with Gasteiger partial charge in [-0.1, -0.05) is 60.7 Å². The van der Waals surface area contributed by atoms with Gasteiger partial charge < -0.3 is 19.7 Å². The maximum absolute atomic E-state index is 13.4. The molecule has 40 heavy (non-hydrogen) atoms. The lowest BCUT2D eigenvalue weighted by Crippen LogP contribution is -2.50. The molecule has 6 nitrogen and oxygen atoms in total. The van der Waals surface area contributed by atoms with Crippen LogP contribution in [-0.2, 0) is 28.9 Å². The molecule has 0 unspecified atom stereocenters. The molecule has 0 aromatic heterocycles. The minimum atomic E-state index is -4.52. The average molecular weight is 551 g/mol. The highest BCUT2D eigenvalue weighted by Crippen LogP contribution is 2.44. The number of urea groups is 1. The van der Waals surface area contributed by atoms with Crippen LogP contribution in [0.25, 0.3) is 5.57 Å². The van der Waals surface area contributed by atoms with Gasteiger partial charge in [0.1, 0.15) is 12.4 Å². The van der Waals surface area contributed by atoms with Gasteiger partial charge >= 0.3 is 18.2 Å². The van der Waals surface area contributed by atoms with E-state index in [1.54, 1.807) is 4.90 Å². The topological polar surface area (TPSA) is 67.9 Å². The second-order valence-corrected chi connectivity index (χ2v) is 9.85. The quantitative estimate of drug-likeness (QED) is 0.348. The van der Waals surface area contributed by atoms with Crippen molar-refractivity contribution >= 4 is 17.6 Å². The van der Waals surface area contributed by atoms with Crippen molar-refractivity contribution in [2.24, 2.45) is 0 Å². The van der Waals surface area contributed by atoms with Crippen LogP contribution in [0.2, 0.25) is 0 Å². The molecule has 5 rings (SSSR count). The summed E-state index contributed by atoms with van der Waals surface area (Å²) in [6.45, 7) is 0.150. The Bertz CT molecular complexity index is 1400. The number of halogens is 3. The monoisotopic (exact) mass is 550 g/mol. The summed E-state index contributed by atoms with van der Waals surface area (Å²) in [7, 11) is 1.30. The number of fused-ring (bicyclic) bond motifs is 2. The van der Waals surface area contributed by atoms with Gasteiger partial charge in [-0.3, -0.25) is 0 Å². The molecule has 2 aliphatic rings. The number of methoxy groups -OCH3 is 1. The first-order chi connectivity index (χ1) is 19.3. The molecule has 2 amide bonds. The Morgan fingerprint density at radius 1 is 0.950 bits per heavy atom. The molecule has 208 valence electrons. The summed E-state index contributed by atoms with van der Waals surface area (Å²) in [6.07, 6.45) is -2.87. The van der Waals surface area contributed by atoms with Crippen LogP contribution in [0.1, 0.15) is 41.5 Å². The van der Waals surface area contributed by atoms with Crippen LogP contribution in [0.3, 0.4) is 0 Å². The zero-order valence-corrected chi connectivity index (χ0v) is 21.9. The molecular weight excluding hydrogens is 521 g/mol. The van der Waals surface area contributed by atoms with Gasteiger partial charge in [-0.2, -0.15) is 13.2 Å². The van der Waals surface area contributed by atoms with E-state index in [1.807, 2.05) is 54.6 Å². The molecular formula is C31H29F3N2O4. The zero-order valence-electron chi connectivity index (χ0n) is 21.9. The fraction of sp³-hybridized carbons (Fsp3) is 0.290. The van der Waals surface area contributed by atoms with Gasteiger partial charge in [0.15, 0.2) is 0 Å². The van der Waals surface area contributed by atoms with Gasteiger partial charge in [0.25, 0.3) is 0 Å². The summed E-state index contributed by atoms with van der Waals surface area (Å²) >= 11 is 0.